The number of nitrogens with zero attached hydrogens (tertiary/aromatic N) is 1. The van der Waals surface area contributed by atoms with E-state index in [1.807, 2.05) is 18.2 Å². The molecule has 0 bridgehead atoms. The van der Waals surface area contributed by atoms with Crippen molar-refractivity contribution in [2.75, 3.05) is 6.54 Å². The molecule has 2 rings (SSSR count). The Bertz CT molecular complexity index is 426. The molecule has 1 aliphatic carbocycles. The maximum Gasteiger partial charge on any atom is 0.318 e. The van der Waals surface area contributed by atoms with Crippen LogP contribution in [0.15, 0.2) is 30.3 Å². The van der Waals surface area contributed by atoms with Gasteiger partial charge in [-0.3, -0.25) is 0 Å². The molecule has 1 N–H and O–H groups in total. The van der Waals surface area contributed by atoms with Gasteiger partial charge in [0.25, 0.3) is 0 Å². The predicted octanol–water partition coefficient (Wildman–Crippen LogP) is 4.50. The van der Waals surface area contributed by atoms with E-state index in [1.165, 1.54) is 19.3 Å². The number of amides is 2. The zero-order chi connectivity index (χ0) is 15.1. The molecule has 0 aliphatic heterocycles. The first-order valence-electron chi connectivity index (χ1n) is 8.34. The Balaban J connectivity index is 1.97. The standard InChI is InChI=1S/C18H28N2O/c1-3-14-20(17-12-8-5-9-13-17)18(21)19-15(2)16-10-6-4-7-11-16/h4,6-7,10-11,15,17H,3,5,8-9,12-14H2,1-2H3,(H,19,21)/t15-/m1/s1. The Kier molecular flexibility index (Phi) is 6.09. The lowest BCUT2D eigenvalue weighted by Gasteiger charge is -2.35. The van der Waals surface area contributed by atoms with Crippen molar-refractivity contribution in [2.45, 2.75) is 64.5 Å². The third-order valence-corrected chi connectivity index (χ3v) is 4.38. The molecule has 1 saturated carbocycles. The molecule has 0 heterocycles. The minimum Gasteiger partial charge on any atom is -0.331 e. The maximum absolute atomic E-state index is 12.6. The van der Waals surface area contributed by atoms with Crippen molar-refractivity contribution in [2.24, 2.45) is 0 Å². The van der Waals surface area contributed by atoms with E-state index in [0.717, 1.165) is 31.4 Å². The van der Waals surface area contributed by atoms with E-state index in [1.54, 1.807) is 0 Å². The molecule has 0 spiro atoms. The molecular formula is C18H28N2O. The molecule has 0 saturated heterocycles. The first kappa shape index (κ1) is 15.9. The number of hydrogen-bond acceptors (Lipinski definition) is 1. The quantitative estimate of drug-likeness (QED) is 0.850. The molecule has 1 aromatic rings. The topological polar surface area (TPSA) is 32.3 Å². The third kappa shape index (κ3) is 4.48. The molecule has 116 valence electrons. The van der Waals surface area contributed by atoms with Gasteiger partial charge in [0.1, 0.15) is 0 Å². The molecule has 1 fully saturated rings. The van der Waals surface area contributed by atoms with Crippen molar-refractivity contribution >= 4 is 6.03 Å². The van der Waals surface area contributed by atoms with E-state index < -0.39 is 0 Å². The fourth-order valence-corrected chi connectivity index (χ4v) is 3.18. The summed E-state index contributed by atoms with van der Waals surface area (Å²) in [5, 5.41) is 3.17. The number of nitrogens with one attached hydrogen (secondary N) is 1. The van der Waals surface area contributed by atoms with Gasteiger partial charge in [-0.2, -0.15) is 0 Å². The lowest BCUT2D eigenvalue weighted by molar-refractivity contribution is 0.153. The molecule has 2 amide bonds. The third-order valence-electron chi connectivity index (χ3n) is 4.38. The zero-order valence-electron chi connectivity index (χ0n) is 13.3. The number of hydrogen-bond donors (Lipinski definition) is 1. The molecule has 1 aromatic carbocycles. The second-order valence-electron chi connectivity index (χ2n) is 6.07. The van der Waals surface area contributed by atoms with Crippen LogP contribution in [0.2, 0.25) is 0 Å². The molecule has 21 heavy (non-hydrogen) atoms. The second-order valence-corrected chi connectivity index (χ2v) is 6.07. The Morgan fingerprint density at radius 1 is 1.24 bits per heavy atom. The SMILES string of the molecule is CCCN(C(=O)N[C@H](C)c1ccccc1)C1CCCCC1. The van der Waals surface area contributed by atoms with Crippen molar-refractivity contribution in [3.05, 3.63) is 35.9 Å². The van der Waals surface area contributed by atoms with Gasteiger partial charge in [-0.1, -0.05) is 56.5 Å². The smallest absolute Gasteiger partial charge is 0.318 e. The van der Waals surface area contributed by atoms with Gasteiger partial charge >= 0.3 is 6.03 Å². The van der Waals surface area contributed by atoms with Crippen LogP contribution in [0.3, 0.4) is 0 Å². The Morgan fingerprint density at radius 2 is 1.90 bits per heavy atom. The van der Waals surface area contributed by atoms with Crippen molar-refractivity contribution in [3.8, 4) is 0 Å². The van der Waals surface area contributed by atoms with E-state index in [-0.39, 0.29) is 12.1 Å². The number of carbonyl (C=O) groups is 1. The number of carbonyl (C=O) groups excluding carboxylic acids is 1. The van der Waals surface area contributed by atoms with Gasteiger partial charge in [0.15, 0.2) is 0 Å². The summed E-state index contributed by atoms with van der Waals surface area (Å²) in [6.07, 6.45) is 7.17. The minimum absolute atomic E-state index is 0.0571. The molecule has 0 unspecified atom stereocenters. The molecule has 1 aliphatic rings. The summed E-state index contributed by atoms with van der Waals surface area (Å²) in [6.45, 7) is 5.06. The van der Waals surface area contributed by atoms with Crippen LogP contribution in [0.4, 0.5) is 4.79 Å². The number of benzene rings is 1. The Morgan fingerprint density at radius 3 is 2.52 bits per heavy atom. The molecule has 0 aromatic heterocycles. The van der Waals surface area contributed by atoms with Crippen LogP contribution in [0.25, 0.3) is 0 Å². The summed E-state index contributed by atoms with van der Waals surface area (Å²) in [5.41, 5.74) is 1.16. The van der Waals surface area contributed by atoms with Gasteiger partial charge in [-0.25, -0.2) is 4.79 Å². The highest BCUT2D eigenvalue weighted by Crippen LogP contribution is 2.23. The van der Waals surface area contributed by atoms with Crippen LogP contribution in [-0.2, 0) is 0 Å². The lowest BCUT2D eigenvalue weighted by Crippen LogP contribution is -2.47. The highest BCUT2D eigenvalue weighted by molar-refractivity contribution is 5.75. The molecule has 3 heteroatoms. The van der Waals surface area contributed by atoms with E-state index in [0.29, 0.717) is 6.04 Å². The Labute approximate surface area is 128 Å². The average molecular weight is 288 g/mol. The van der Waals surface area contributed by atoms with E-state index >= 15 is 0 Å². The minimum atomic E-state index is 0.0571. The van der Waals surface area contributed by atoms with Gasteiger partial charge in [-0.05, 0) is 31.7 Å². The molecule has 1 atom stereocenters. The van der Waals surface area contributed by atoms with Gasteiger partial charge in [0, 0.05) is 12.6 Å². The van der Waals surface area contributed by atoms with Crippen molar-refractivity contribution < 1.29 is 4.79 Å². The van der Waals surface area contributed by atoms with Gasteiger partial charge in [0.05, 0.1) is 6.04 Å². The van der Waals surface area contributed by atoms with E-state index in [9.17, 15) is 4.79 Å². The van der Waals surface area contributed by atoms with Crippen LogP contribution < -0.4 is 5.32 Å². The molecule has 3 nitrogen and oxygen atoms in total. The summed E-state index contributed by atoms with van der Waals surface area (Å²) < 4.78 is 0. The summed E-state index contributed by atoms with van der Waals surface area (Å²) in [4.78, 5) is 14.7. The van der Waals surface area contributed by atoms with Crippen LogP contribution in [0.1, 0.15) is 64.0 Å². The highest BCUT2D eigenvalue weighted by Gasteiger charge is 2.25. The highest BCUT2D eigenvalue weighted by atomic mass is 16.2. The largest absolute Gasteiger partial charge is 0.331 e. The fourth-order valence-electron chi connectivity index (χ4n) is 3.18. The molecule has 0 radical (unpaired) electrons. The zero-order valence-corrected chi connectivity index (χ0v) is 13.3. The van der Waals surface area contributed by atoms with Crippen molar-refractivity contribution in [1.82, 2.24) is 10.2 Å². The van der Waals surface area contributed by atoms with E-state index in [2.05, 4.69) is 36.2 Å². The summed E-state index contributed by atoms with van der Waals surface area (Å²) in [7, 11) is 0. The van der Waals surface area contributed by atoms with Crippen LogP contribution >= 0.6 is 0 Å². The monoisotopic (exact) mass is 288 g/mol. The first-order chi connectivity index (χ1) is 10.2. The van der Waals surface area contributed by atoms with Crippen molar-refractivity contribution in [3.63, 3.8) is 0 Å². The fraction of sp³-hybridized carbons (Fsp3) is 0.611. The predicted molar refractivity (Wildman–Crippen MR) is 87.3 cm³/mol. The lowest BCUT2D eigenvalue weighted by atomic mass is 9.94. The van der Waals surface area contributed by atoms with Gasteiger partial charge in [0.2, 0.25) is 0 Å². The Hall–Kier alpha value is -1.51. The summed E-state index contributed by atoms with van der Waals surface area (Å²) in [5.74, 6) is 0. The molecular weight excluding hydrogens is 260 g/mol. The van der Waals surface area contributed by atoms with Crippen molar-refractivity contribution in [1.29, 1.82) is 0 Å². The van der Waals surface area contributed by atoms with Crippen LogP contribution in [0.5, 0.6) is 0 Å². The van der Waals surface area contributed by atoms with E-state index in [4.69, 9.17) is 0 Å². The number of urea groups is 1. The van der Waals surface area contributed by atoms with Crippen LogP contribution in [-0.4, -0.2) is 23.5 Å². The second kappa shape index (κ2) is 8.06. The maximum atomic E-state index is 12.6. The first-order valence-corrected chi connectivity index (χ1v) is 8.34. The van der Waals surface area contributed by atoms with Gasteiger partial charge < -0.3 is 10.2 Å². The summed E-state index contributed by atoms with van der Waals surface area (Å²) >= 11 is 0. The normalized spacial score (nSPS) is 17.2. The average Bonchev–Trinajstić information content (AvgIpc) is 2.54. The summed E-state index contributed by atoms with van der Waals surface area (Å²) in [6, 6.07) is 10.8. The van der Waals surface area contributed by atoms with Gasteiger partial charge in [-0.15, -0.1) is 0 Å². The number of rotatable bonds is 5. The van der Waals surface area contributed by atoms with Crippen LogP contribution in [0, 0.1) is 0 Å².